The highest BCUT2D eigenvalue weighted by Gasteiger charge is 2.41. The van der Waals surface area contributed by atoms with E-state index in [1.165, 1.54) is 12.8 Å². The van der Waals surface area contributed by atoms with Crippen LogP contribution in [0.25, 0.3) is 0 Å². The quantitative estimate of drug-likeness (QED) is 0.473. The predicted molar refractivity (Wildman–Crippen MR) is 75.5 cm³/mol. The normalized spacial score (nSPS) is 31.7. The second-order valence-electron chi connectivity index (χ2n) is 6.36. The van der Waals surface area contributed by atoms with Gasteiger partial charge in [0.1, 0.15) is 11.3 Å². The molecule has 4 nitrogen and oxygen atoms in total. The van der Waals surface area contributed by atoms with E-state index in [4.69, 9.17) is 5.10 Å². The van der Waals surface area contributed by atoms with Gasteiger partial charge in [0.2, 0.25) is 0 Å². The molecule has 0 amide bonds. The molecule has 2 aliphatic heterocycles. The lowest BCUT2D eigenvalue weighted by Gasteiger charge is -2.27. The van der Waals surface area contributed by atoms with Crippen LogP contribution >= 0.6 is 0 Å². The number of rotatable bonds is 0. The number of quaternary nitrogens is 1. The minimum absolute atomic E-state index is 0.0815. The minimum atomic E-state index is 0.0815. The zero-order chi connectivity index (χ0) is 13.4. The average Bonchev–Trinajstić information content (AvgIpc) is 2.33. The minimum Gasteiger partial charge on any atom is -0.203 e. The molecule has 0 aromatic carbocycles. The van der Waals surface area contributed by atoms with Gasteiger partial charge in [-0.3, -0.25) is 0 Å². The number of hydrogen-bond donors (Lipinski definition) is 0. The lowest BCUT2D eigenvalue weighted by atomic mass is 9.95. The van der Waals surface area contributed by atoms with Gasteiger partial charge in [0, 0.05) is 12.5 Å². The zero-order valence-electron chi connectivity index (χ0n) is 12.3. The maximum absolute atomic E-state index is 4.80. The Morgan fingerprint density at radius 3 is 2.83 bits per heavy atom. The molecular formula is C14H26N4+2. The summed E-state index contributed by atoms with van der Waals surface area (Å²) in [5.74, 6) is 1.11. The highest BCUT2D eigenvalue weighted by atomic mass is 15.6. The van der Waals surface area contributed by atoms with Crippen molar-refractivity contribution in [2.75, 3.05) is 34.2 Å². The monoisotopic (exact) mass is 250 g/mol. The van der Waals surface area contributed by atoms with Crippen molar-refractivity contribution in [2.45, 2.75) is 26.7 Å². The Kier molecular flexibility index (Phi) is 3.32. The molecule has 100 valence electrons. The third kappa shape index (κ3) is 2.64. The summed E-state index contributed by atoms with van der Waals surface area (Å²) in [5, 5.41) is 6.87. The van der Waals surface area contributed by atoms with E-state index in [1.54, 1.807) is 0 Å². The van der Waals surface area contributed by atoms with Crippen molar-refractivity contribution in [2.24, 2.45) is 10.5 Å². The fourth-order valence-electron chi connectivity index (χ4n) is 2.71. The molecule has 0 N–H and O–H groups in total. The molecule has 18 heavy (non-hydrogen) atoms. The van der Waals surface area contributed by atoms with Crippen molar-refractivity contribution in [3.63, 3.8) is 0 Å². The topological polar surface area (TPSA) is 18.6 Å². The summed E-state index contributed by atoms with van der Waals surface area (Å²) in [4.78, 5) is 0. The standard InChI is InChI=1S/C14H26N4/c1-14(2)8-11-18(5)10-7-6-9-17(4)15-13(18)16(3)12-14/h8,11-12H,6-7,9-10H2,1-5H3/q+2. The molecule has 0 saturated carbocycles. The van der Waals surface area contributed by atoms with Gasteiger partial charge in [-0.15, -0.1) is 0 Å². The lowest BCUT2D eigenvalue weighted by molar-refractivity contribution is -0.806. The molecule has 0 aliphatic carbocycles. The molecule has 0 saturated heterocycles. The number of allylic oxidation sites excluding steroid dienone is 1. The number of nitrogens with zero attached hydrogens (tertiary/aromatic N) is 4. The fourth-order valence-corrected chi connectivity index (χ4v) is 2.71. The molecule has 4 heteroatoms. The average molecular weight is 250 g/mol. The Labute approximate surface area is 110 Å². The molecule has 1 atom stereocenters. The van der Waals surface area contributed by atoms with Crippen LogP contribution in [0.3, 0.4) is 0 Å². The van der Waals surface area contributed by atoms with Crippen LogP contribution in [-0.4, -0.2) is 60.5 Å². The fraction of sp³-hybridized carbons (Fsp3) is 0.714. The van der Waals surface area contributed by atoms with Crippen LogP contribution in [0.2, 0.25) is 0 Å². The first-order chi connectivity index (χ1) is 8.32. The van der Waals surface area contributed by atoms with Gasteiger partial charge >= 0.3 is 5.96 Å². The molecule has 2 heterocycles. The number of hydrogen-bond acceptors (Lipinski definition) is 2. The van der Waals surface area contributed by atoms with Crippen LogP contribution in [0.5, 0.6) is 0 Å². The highest BCUT2D eigenvalue weighted by Crippen LogP contribution is 2.22. The summed E-state index contributed by atoms with van der Waals surface area (Å²) in [6, 6.07) is 0. The molecule has 0 aromatic rings. The van der Waals surface area contributed by atoms with Crippen LogP contribution in [0.15, 0.2) is 17.4 Å². The van der Waals surface area contributed by atoms with Gasteiger partial charge in [-0.2, -0.15) is 9.06 Å². The van der Waals surface area contributed by atoms with Crippen molar-refractivity contribution < 1.29 is 9.06 Å². The van der Waals surface area contributed by atoms with Gasteiger partial charge in [-0.05, 0) is 32.8 Å². The summed E-state index contributed by atoms with van der Waals surface area (Å²) < 4.78 is 2.99. The van der Waals surface area contributed by atoms with E-state index >= 15 is 0 Å². The third-order valence-electron chi connectivity index (χ3n) is 3.75. The number of hydrazone groups is 1. The van der Waals surface area contributed by atoms with Crippen molar-refractivity contribution in [1.29, 1.82) is 0 Å². The van der Waals surface area contributed by atoms with Crippen molar-refractivity contribution in [3.8, 4) is 0 Å². The first-order valence-corrected chi connectivity index (χ1v) is 6.77. The van der Waals surface area contributed by atoms with Crippen LogP contribution in [0.1, 0.15) is 26.7 Å². The van der Waals surface area contributed by atoms with Crippen molar-refractivity contribution in [3.05, 3.63) is 12.3 Å². The summed E-state index contributed by atoms with van der Waals surface area (Å²) in [7, 11) is 6.43. The lowest BCUT2D eigenvalue weighted by Crippen LogP contribution is -2.51. The van der Waals surface area contributed by atoms with E-state index in [-0.39, 0.29) is 5.41 Å². The maximum atomic E-state index is 4.80. The van der Waals surface area contributed by atoms with Gasteiger partial charge in [0.05, 0.1) is 33.4 Å². The molecule has 2 aliphatic rings. The second-order valence-corrected chi connectivity index (χ2v) is 6.36. The van der Waals surface area contributed by atoms with Gasteiger partial charge in [0.15, 0.2) is 0 Å². The third-order valence-corrected chi connectivity index (χ3v) is 3.75. The highest BCUT2D eigenvalue weighted by molar-refractivity contribution is 5.74. The summed E-state index contributed by atoms with van der Waals surface area (Å²) in [6.07, 6.45) is 9.30. The smallest absolute Gasteiger partial charge is 0.203 e. The molecule has 0 spiro atoms. The largest absolute Gasteiger partial charge is 0.523 e. The SMILES string of the molecule is CN1CCCC[N+]2(C)C=CC(C)(C)C=[N+](C)C2=N1. The Morgan fingerprint density at radius 1 is 1.39 bits per heavy atom. The molecule has 0 fully saturated rings. The van der Waals surface area contributed by atoms with Crippen molar-refractivity contribution in [1.82, 2.24) is 5.01 Å². The Balaban J connectivity index is 2.52. The van der Waals surface area contributed by atoms with E-state index in [9.17, 15) is 0 Å². The molecule has 0 aromatic heterocycles. The molecule has 2 rings (SSSR count). The van der Waals surface area contributed by atoms with Crippen LogP contribution in [0.4, 0.5) is 0 Å². The predicted octanol–water partition coefficient (Wildman–Crippen LogP) is 1.70. The van der Waals surface area contributed by atoms with Gasteiger partial charge in [-0.25, -0.2) is 5.01 Å². The summed E-state index contributed by atoms with van der Waals surface area (Å²) in [5.41, 5.74) is 0.0815. The van der Waals surface area contributed by atoms with Crippen LogP contribution < -0.4 is 0 Å². The molecule has 0 bridgehead atoms. The van der Waals surface area contributed by atoms with E-state index in [1.807, 2.05) is 0 Å². The first-order valence-electron chi connectivity index (χ1n) is 6.77. The Bertz CT molecular complexity index is 420. The van der Waals surface area contributed by atoms with Crippen molar-refractivity contribution >= 4 is 12.2 Å². The van der Waals surface area contributed by atoms with Crippen LogP contribution in [-0.2, 0) is 0 Å². The van der Waals surface area contributed by atoms with Gasteiger partial charge in [-0.1, -0.05) is 0 Å². The van der Waals surface area contributed by atoms with Gasteiger partial charge in [0.25, 0.3) is 0 Å². The van der Waals surface area contributed by atoms with Crippen LogP contribution in [0, 0.1) is 5.41 Å². The molecular weight excluding hydrogens is 224 g/mol. The summed E-state index contributed by atoms with van der Waals surface area (Å²) in [6.45, 7) is 6.63. The van der Waals surface area contributed by atoms with E-state index in [2.05, 4.69) is 63.1 Å². The number of fused-ring (bicyclic) bond motifs is 1. The Morgan fingerprint density at radius 2 is 2.11 bits per heavy atom. The number of guanidine groups is 1. The Hall–Kier alpha value is -1.16. The summed E-state index contributed by atoms with van der Waals surface area (Å²) >= 11 is 0. The first kappa shape index (κ1) is 13.3. The van der Waals surface area contributed by atoms with E-state index in [0.29, 0.717) is 0 Å². The zero-order valence-corrected chi connectivity index (χ0v) is 12.3. The maximum Gasteiger partial charge on any atom is 0.523 e. The second kappa shape index (κ2) is 4.50. The van der Waals surface area contributed by atoms with E-state index in [0.717, 1.165) is 23.5 Å². The molecule has 0 radical (unpaired) electrons. The molecule has 1 unspecified atom stereocenters. The van der Waals surface area contributed by atoms with Gasteiger partial charge < -0.3 is 0 Å². The van der Waals surface area contributed by atoms with E-state index < -0.39 is 0 Å².